The number of hydrogen-bond donors (Lipinski definition) is 2. The van der Waals surface area contributed by atoms with Gasteiger partial charge in [-0.1, -0.05) is 35.8 Å². The number of nitrogens with zero attached hydrogens (tertiary/aromatic N) is 4. The smallest absolute Gasteiger partial charge is 0.248 e. The van der Waals surface area contributed by atoms with Crippen LogP contribution in [-0.2, 0) is 26.8 Å². The fraction of sp³-hybridized carbons (Fsp3) is 0.400. The molecule has 2 fully saturated rings. The maximum atomic E-state index is 13.7. The molecule has 1 aliphatic carbocycles. The number of anilines is 1. The van der Waals surface area contributed by atoms with Gasteiger partial charge in [0.1, 0.15) is 28.7 Å². The number of pyridine rings is 1. The van der Waals surface area contributed by atoms with Gasteiger partial charge in [0.15, 0.2) is 5.78 Å². The minimum absolute atomic E-state index is 0.0112. The van der Waals surface area contributed by atoms with Crippen molar-refractivity contribution >= 4 is 60.9 Å². The maximum Gasteiger partial charge on any atom is 0.248 e. The molecule has 1 aliphatic heterocycles. The second-order valence-corrected chi connectivity index (χ2v) is 12.2. The Bertz CT molecular complexity index is 1470. The van der Waals surface area contributed by atoms with Gasteiger partial charge in [0.25, 0.3) is 0 Å². The molecule has 9 nitrogen and oxygen atoms in total. The number of likely N-dealkylation sites (tertiary alicyclic amines) is 1. The van der Waals surface area contributed by atoms with E-state index in [0.717, 1.165) is 16.9 Å². The molecule has 36 heavy (non-hydrogen) atoms. The number of halogens is 1. The van der Waals surface area contributed by atoms with Crippen molar-refractivity contribution < 1.29 is 14.4 Å². The third-order valence-electron chi connectivity index (χ3n) is 7.21. The standard InChI is InChI=1S/C25H27BrN6O3S/c1-13-8-9-19(26)28-23(13)29-24(35)16-10-25(3)11-18(25)32(16)20(34)12-31-22-15(21(30-31)14(2)33)6-5-7-17(22)36(4)27/h5-9,16,18,27H,10-12H2,1-4H3,(H,28,29,35)/t16-,18+,25-,36?/m0/s1. The van der Waals surface area contributed by atoms with Crippen molar-refractivity contribution in [2.75, 3.05) is 11.6 Å². The molecule has 3 aromatic rings. The van der Waals surface area contributed by atoms with Gasteiger partial charge < -0.3 is 10.2 Å². The highest BCUT2D eigenvalue weighted by Crippen LogP contribution is 2.59. The number of hydrogen-bond acceptors (Lipinski definition) is 6. The predicted octanol–water partition coefficient (Wildman–Crippen LogP) is 4.09. The van der Waals surface area contributed by atoms with E-state index in [0.29, 0.717) is 27.7 Å². The highest BCUT2D eigenvalue weighted by atomic mass is 79.9. The number of carbonyl (C=O) groups excluding carboxylic acids is 3. The quantitative estimate of drug-likeness (QED) is 0.341. The van der Waals surface area contributed by atoms with Gasteiger partial charge in [0.05, 0.1) is 5.52 Å². The summed E-state index contributed by atoms with van der Waals surface area (Å²) in [6.45, 7) is 5.31. The normalized spacial score (nSPS) is 23.4. The summed E-state index contributed by atoms with van der Waals surface area (Å²) in [5.41, 5.74) is 1.66. The molecule has 2 N–H and O–H groups in total. The number of Topliss-reactive ketones (excluding diaryl/α,β-unsaturated/α-hetero) is 1. The third kappa shape index (κ3) is 4.17. The number of nitrogens with one attached hydrogen (secondary N) is 2. The summed E-state index contributed by atoms with van der Waals surface area (Å²) in [4.78, 5) is 46.1. The first-order chi connectivity index (χ1) is 17.0. The van der Waals surface area contributed by atoms with Crippen LogP contribution in [0.4, 0.5) is 5.82 Å². The average Bonchev–Trinajstić information content (AvgIpc) is 3.18. The lowest BCUT2D eigenvalue weighted by Crippen LogP contribution is -2.47. The SMILES string of the molecule is CC(=O)c1nn(CC(=O)N2[C@H](C(=O)Nc3nc(Br)ccc3C)C[C@@]3(C)C[C@@H]23)c2c(S(C)=N)cccc12. The molecule has 1 aromatic carbocycles. The highest BCUT2D eigenvalue weighted by Gasteiger charge is 2.64. The van der Waals surface area contributed by atoms with E-state index < -0.39 is 16.7 Å². The van der Waals surface area contributed by atoms with E-state index in [1.807, 2.05) is 31.2 Å². The van der Waals surface area contributed by atoms with Gasteiger partial charge in [-0.3, -0.25) is 23.8 Å². The molecule has 1 saturated carbocycles. The van der Waals surface area contributed by atoms with Gasteiger partial charge in [-0.2, -0.15) is 5.10 Å². The van der Waals surface area contributed by atoms with Gasteiger partial charge in [-0.25, -0.2) is 4.98 Å². The lowest BCUT2D eigenvalue weighted by Gasteiger charge is -2.27. The lowest BCUT2D eigenvalue weighted by atomic mass is 10.0. The van der Waals surface area contributed by atoms with Gasteiger partial charge in [0, 0.05) is 23.2 Å². The van der Waals surface area contributed by atoms with E-state index in [2.05, 4.69) is 38.3 Å². The number of piperidine rings is 1. The molecule has 1 unspecified atom stereocenters. The van der Waals surface area contributed by atoms with Gasteiger partial charge in [-0.05, 0) is 65.1 Å². The lowest BCUT2D eigenvalue weighted by molar-refractivity contribution is -0.138. The molecule has 4 atom stereocenters. The second-order valence-electron chi connectivity index (χ2n) is 9.91. The van der Waals surface area contributed by atoms with Gasteiger partial charge in [0.2, 0.25) is 11.8 Å². The number of aryl methyl sites for hydroxylation is 1. The number of ketones is 1. The minimum atomic E-state index is -0.849. The van der Waals surface area contributed by atoms with Crippen molar-refractivity contribution in [1.29, 1.82) is 4.78 Å². The second kappa shape index (κ2) is 8.88. The zero-order valence-corrected chi connectivity index (χ0v) is 22.9. The van der Waals surface area contributed by atoms with Crippen LogP contribution >= 0.6 is 15.9 Å². The van der Waals surface area contributed by atoms with Crippen LogP contribution in [0.1, 0.15) is 42.7 Å². The Balaban J connectivity index is 1.47. The zero-order valence-electron chi connectivity index (χ0n) is 20.5. The fourth-order valence-corrected chi connectivity index (χ4v) is 6.32. The largest absolute Gasteiger partial charge is 0.325 e. The molecule has 5 rings (SSSR count). The fourth-order valence-electron chi connectivity index (χ4n) is 5.23. The van der Waals surface area contributed by atoms with Crippen molar-refractivity contribution in [3.05, 3.63) is 46.2 Å². The molecule has 0 bridgehead atoms. The number of rotatable bonds is 6. The molecular weight excluding hydrogens is 544 g/mol. The molecular formula is C25H27BrN6O3S. The molecule has 3 heterocycles. The Labute approximate surface area is 219 Å². The van der Waals surface area contributed by atoms with Crippen LogP contribution in [0.15, 0.2) is 39.8 Å². The molecule has 2 aromatic heterocycles. The number of amides is 2. The maximum absolute atomic E-state index is 13.7. The number of aromatic nitrogens is 3. The summed E-state index contributed by atoms with van der Waals surface area (Å²) in [6.07, 6.45) is 3.21. The average molecular weight is 572 g/mol. The van der Waals surface area contributed by atoms with Crippen LogP contribution in [0.2, 0.25) is 0 Å². The monoisotopic (exact) mass is 570 g/mol. The molecule has 11 heteroatoms. The van der Waals surface area contributed by atoms with Crippen LogP contribution < -0.4 is 5.32 Å². The summed E-state index contributed by atoms with van der Waals surface area (Å²) >= 11 is 3.34. The van der Waals surface area contributed by atoms with Gasteiger partial charge >= 0.3 is 0 Å². The van der Waals surface area contributed by atoms with E-state index in [4.69, 9.17) is 4.78 Å². The van der Waals surface area contributed by atoms with Crippen molar-refractivity contribution in [2.24, 2.45) is 5.41 Å². The van der Waals surface area contributed by atoms with Gasteiger partial charge in [-0.15, -0.1) is 0 Å². The van der Waals surface area contributed by atoms with Crippen LogP contribution in [0.3, 0.4) is 0 Å². The van der Waals surface area contributed by atoms with Crippen LogP contribution in [-0.4, -0.2) is 55.6 Å². The van der Waals surface area contributed by atoms with Crippen molar-refractivity contribution in [1.82, 2.24) is 19.7 Å². The van der Waals surface area contributed by atoms with Crippen LogP contribution in [0.25, 0.3) is 10.9 Å². The molecule has 188 valence electrons. The number of benzene rings is 1. The highest BCUT2D eigenvalue weighted by molar-refractivity contribution is 9.10. The topological polar surface area (TPSA) is 121 Å². The summed E-state index contributed by atoms with van der Waals surface area (Å²) in [7, 11) is -0.849. The van der Waals surface area contributed by atoms with E-state index >= 15 is 0 Å². The molecule has 0 spiro atoms. The zero-order chi connectivity index (χ0) is 25.9. The Morgan fingerprint density at radius 1 is 1.25 bits per heavy atom. The molecule has 2 aliphatic rings. The van der Waals surface area contributed by atoms with E-state index in [1.54, 1.807) is 17.2 Å². The van der Waals surface area contributed by atoms with E-state index in [-0.39, 0.29) is 41.3 Å². The number of carbonyl (C=O) groups is 3. The van der Waals surface area contributed by atoms with Crippen molar-refractivity contribution in [2.45, 2.75) is 57.1 Å². The van der Waals surface area contributed by atoms with Crippen LogP contribution in [0, 0.1) is 17.1 Å². The summed E-state index contributed by atoms with van der Waals surface area (Å²) < 4.78 is 10.5. The van der Waals surface area contributed by atoms with E-state index in [9.17, 15) is 14.4 Å². The minimum Gasteiger partial charge on any atom is -0.325 e. The Morgan fingerprint density at radius 2 is 2.00 bits per heavy atom. The van der Waals surface area contributed by atoms with Crippen LogP contribution in [0.5, 0.6) is 0 Å². The Morgan fingerprint density at radius 3 is 2.69 bits per heavy atom. The molecule has 2 amide bonds. The number of fused-ring (bicyclic) bond motifs is 2. The Hall–Kier alpha value is -2.92. The summed E-state index contributed by atoms with van der Waals surface area (Å²) in [5, 5.41) is 8.03. The summed E-state index contributed by atoms with van der Waals surface area (Å²) in [6, 6.07) is 8.49. The first kappa shape index (κ1) is 24.8. The third-order valence-corrected chi connectivity index (χ3v) is 8.64. The first-order valence-electron chi connectivity index (χ1n) is 11.6. The van der Waals surface area contributed by atoms with E-state index in [1.165, 1.54) is 11.6 Å². The summed E-state index contributed by atoms with van der Waals surface area (Å²) in [5.74, 6) is -0.223. The number of para-hydroxylation sites is 1. The molecule has 1 saturated heterocycles. The predicted molar refractivity (Wildman–Crippen MR) is 141 cm³/mol. The first-order valence-corrected chi connectivity index (χ1v) is 14.1. The Kier molecular flexibility index (Phi) is 6.11. The van der Waals surface area contributed by atoms with Crippen molar-refractivity contribution in [3.63, 3.8) is 0 Å². The van der Waals surface area contributed by atoms with Crippen molar-refractivity contribution in [3.8, 4) is 0 Å². The molecule has 0 radical (unpaired) electrons.